The molecule has 3 rings (SSSR count). The zero-order valence-corrected chi connectivity index (χ0v) is 11.8. The Morgan fingerprint density at radius 2 is 1.81 bits per heavy atom. The van der Waals surface area contributed by atoms with Gasteiger partial charge in [-0.05, 0) is 42.5 Å². The van der Waals surface area contributed by atoms with E-state index in [2.05, 4.69) is 18.9 Å². The Balaban J connectivity index is 2.03. The molecule has 6 heteroatoms. The molecular weight excluding hydrogens is 279 g/mol. The van der Waals surface area contributed by atoms with E-state index in [4.69, 9.17) is 5.73 Å². The highest BCUT2D eigenvalue weighted by atomic mass is 19.4. The number of hydrogen-bond donors (Lipinski definition) is 1. The van der Waals surface area contributed by atoms with Crippen LogP contribution in [0.5, 0.6) is 0 Å². The molecule has 1 aliphatic rings. The van der Waals surface area contributed by atoms with Crippen LogP contribution in [0.1, 0.15) is 37.1 Å². The minimum Gasteiger partial charge on any atom is -0.383 e. The molecule has 21 heavy (non-hydrogen) atoms. The number of nitrogen functional groups attached to an aromatic ring is 1. The third-order valence-electron chi connectivity index (χ3n) is 4.10. The topological polar surface area (TPSA) is 43.8 Å². The van der Waals surface area contributed by atoms with Crippen molar-refractivity contribution in [1.29, 1.82) is 0 Å². The zero-order valence-electron chi connectivity index (χ0n) is 11.8. The first-order valence-electron chi connectivity index (χ1n) is 6.75. The first-order chi connectivity index (χ1) is 9.70. The largest absolute Gasteiger partial charge is 0.416 e. The van der Waals surface area contributed by atoms with E-state index in [0.717, 1.165) is 36.2 Å². The Bertz CT molecular complexity index is 681. The number of aromatic nitrogens is 2. The highest BCUT2D eigenvalue weighted by molar-refractivity contribution is 5.55. The average Bonchev–Trinajstić information content (AvgIpc) is 2.88. The van der Waals surface area contributed by atoms with Crippen molar-refractivity contribution in [3.63, 3.8) is 0 Å². The van der Waals surface area contributed by atoms with Crippen LogP contribution in [0.15, 0.2) is 24.3 Å². The number of nitrogens with zero attached hydrogens (tertiary/aromatic N) is 2. The van der Waals surface area contributed by atoms with Gasteiger partial charge >= 0.3 is 6.18 Å². The molecule has 1 aliphatic carbocycles. The van der Waals surface area contributed by atoms with E-state index in [1.165, 1.54) is 16.8 Å². The van der Waals surface area contributed by atoms with Crippen LogP contribution < -0.4 is 5.73 Å². The zero-order chi connectivity index (χ0) is 15.4. The van der Waals surface area contributed by atoms with Gasteiger partial charge in [-0.1, -0.05) is 13.8 Å². The standard InChI is InChI=1S/C15H16F3N3/c1-14(2)8-7-11-12(14)13(19)21(20-11)10-5-3-9(4-6-10)15(16,17)18/h3-6H,7-8,19H2,1-2H3. The minimum atomic E-state index is -4.34. The maximum atomic E-state index is 12.6. The van der Waals surface area contributed by atoms with Gasteiger partial charge in [0.05, 0.1) is 16.9 Å². The molecule has 3 nitrogen and oxygen atoms in total. The Morgan fingerprint density at radius 3 is 2.33 bits per heavy atom. The van der Waals surface area contributed by atoms with Crippen molar-refractivity contribution in [2.45, 2.75) is 38.3 Å². The second-order valence-electron chi connectivity index (χ2n) is 6.05. The minimum absolute atomic E-state index is 0.0381. The van der Waals surface area contributed by atoms with Gasteiger partial charge in [0.2, 0.25) is 0 Å². The number of benzene rings is 1. The van der Waals surface area contributed by atoms with E-state index in [0.29, 0.717) is 11.5 Å². The van der Waals surface area contributed by atoms with E-state index >= 15 is 0 Å². The summed E-state index contributed by atoms with van der Waals surface area (Å²) in [7, 11) is 0. The van der Waals surface area contributed by atoms with Crippen molar-refractivity contribution in [1.82, 2.24) is 9.78 Å². The summed E-state index contributed by atoms with van der Waals surface area (Å²) in [6, 6.07) is 4.89. The summed E-state index contributed by atoms with van der Waals surface area (Å²) < 4.78 is 39.3. The number of halogens is 3. The quantitative estimate of drug-likeness (QED) is 0.872. The molecule has 0 spiro atoms. The Hall–Kier alpha value is -1.98. The van der Waals surface area contributed by atoms with Crippen LogP contribution in [0.25, 0.3) is 5.69 Å². The third kappa shape index (κ3) is 2.18. The average molecular weight is 295 g/mol. The van der Waals surface area contributed by atoms with Crippen LogP contribution in [-0.2, 0) is 18.0 Å². The Labute approximate surface area is 120 Å². The van der Waals surface area contributed by atoms with E-state index in [9.17, 15) is 13.2 Å². The molecule has 0 radical (unpaired) electrons. The second kappa shape index (κ2) is 4.26. The molecule has 0 bridgehead atoms. The smallest absolute Gasteiger partial charge is 0.383 e. The third-order valence-corrected chi connectivity index (χ3v) is 4.10. The summed E-state index contributed by atoms with van der Waals surface area (Å²) in [6.07, 6.45) is -2.50. The van der Waals surface area contributed by atoms with Gasteiger partial charge in [-0.15, -0.1) is 0 Å². The van der Waals surface area contributed by atoms with Crippen LogP contribution in [0, 0.1) is 0 Å². The lowest BCUT2D eigenvalue weighted by atomic mass is 9.87. The molecule has 0 saturated carbocycles. The van der Waals surface area contributed by atoms with Crippen molar-refractivity contribution < 1.29 is 13.2 Å². The molecule has 1 heterocycles. The molecule has 0 aliphatic heterocycles. The molecule has 2 N–H and O–H groups in total. The number of hydrogen-bond acceptors (Lipinski definition) is 2. The predicted octanol–water partition coefficient (Wildman–Crippen LogP) is 3.70. The number of nitrogens with two attached hydrogens (primary N) is 1. The van der Waals surface area contributed by atoms with Gasteiger partial charge in [-0.2, -0.15) is 18.3 Å². The van der Waals surface area contributed by atoms with E-state index in [1.807, 2.05) is 0 Å². The highest BCUT2D eigenvalue weighted by Crippen LogP contribution is 2.42. The maximum absolute atomic E-state index is 12.6. The summed E-state index contributed by atoms with van der Waals surface area (Å²) in [6.45, 7) is 4.21. The Kier molecular flexibility index (Phi) is 2.83. The van der Waals surface area contributed by atoms with Gasteiger partial charge in [0.1, 0.15) is 5.82 Å². The molecule has 0 amide bonds. The van der Waals surface area contributed by atoms with E-state index < -0.39 is 11.7 Å². The van der Waals surface area contributed by atoms with Crippen molar-refractivity contribution in [2.24, 2.45) is 0 Å². The lowest BCUT2D eigenvalue weighted by Gasteiger charge is -2.18. The predicted molar refractivity (Wildman–Crippen MR) is 74.3 cm³/mol. The number of anilines is 1. The van der Waals surface area contributed by atoms with Crippen molar-refractivity contribution in [3.05, 3.63) is 41.1 Å². The second-order valence-corrected chi connectivity index (χ2v) is 6.05. The summed E-state index contributed by atoms with van der Waals surface area (Å²) in [4.78, 5) is 0. The number of fused-ring (bicyclic) bond motifs is 1. The maximum Gasteiger partial charge on any atom is 0.416 e. The summed E-state index contributed by atoms with van der Waals surface area (Å²) in [5, 5.41) is 4.46. The molecule has 2 aromatic rings. The molecule has 0 saturated heterocycles. The van der Waals surface area contributed by atoms with Gasteiger partial charge in [0, 0.05) is 5.56 Å². The molecule has 0 atom stereocenters. The van der Waals surface area contributed by atoms with Crippen molar-refractivity contribution in [3.8, 4) is 5.69 Å². The van der Waals surface area contributed by atoms with Gasteiger partial charge in [-0.3, -0.25) is 0 Å². The lowest BCUT2D eigenvalue weighted by molar-refractivity contribution is -0.137. The molecule has 0 unspecified atom stereocenters. The van der Waals surface area contributed by atoms with Crippen LogP contribution in [-0.4, -0.2) is 9.78 Å². The van der Waals surface area contributed by atoms with Gasteiger partial charge in [0.15, 0.2) is 0 Å². The van der Waals surface area contributed by atoms with E-state index in [-0.39, 0.29) is 5.41 Å². The number of aryl methyl sites for hydroxylation is 1. The fourth-order valence-corrected chi connectivity index (χ4v) is 2.93. The normalized spacial score (nSPS) is 17.0. The first-order valence-corrected chi connectivity index (χ1v) is 6.75. The summed E-state index contributed by atoms with van der Waals surface area (Å²) in [5.74, 6) is 0.521. The number of rotatable bonds is 1. The number of alkyl halides is 3. The monoisotopic (exact) mass is 295 g/mol. The van der Waals surface area contributed by atoms with Crippen LogP contribution in [0.4, 0.5) is 19.0 Å². The van der Waals surface area contributed by atoms with Crippen molar-refractivity contribution in [2.75, 3.05) is 5.73 Å². The lowest BCUT2D eigenvalue weighted by Crippen LogP contribution is -2.15. The Morgan fingerprint density at radius 1 is 1.19 bits per heavy atom. The molecule has 0 fully saturated rings. The van der Waals surface area contributed by atoms with Crippen LogP contribution in [0.3, 0.4) is 0 Å². The molecule has 1 aromatic heterocycles. The molecular formula is C15H16F3N3. The van der Waals surface area contributed by atoms with Crippen LogP contribution >= 0.6 is 0 Å². The first kappa shape index (κ1) is 14.0. The SMILES string of the molecule is CC1(C)CCc2nn(-c3ccc(C(F)(F)F)cc3)c(N)c21. The van der Waals surface area contributed by atoms with Crippen molar-refractivity contribution >= 4 is 5.82 Å². The fraction of sp³-hybridized carbons (Fsp3) is 0.400. The highest BCUT2D eigenvalue weighted by Gasteiger charge is 2.36. The van der Waals surface area contributed by atoms with Gasteiger partial charge in [-0.25, -0.2) is 4.68 Å². The molecule has 112 valence electrons. The fourth-order valence-electron chi connectivity index (χ4n) is 2.93. The summed E-state index contributed by atoms with van der Waals surface area (Å²) >= 11 is 0. The molecule has 1 aromatic carbocycles. The van der Waals surface area contributed by atoms with Gasteiger partial charge < -0.3 is 5.73 Å². The van der Waals surface area contributed by atoms with Gasteiger partial charge in [0.25, 0.3) is 0 Å². The van der Waals surface area contributed by atoms with E-state index in [1.54, 1.807) is 0 Å². The van der Waals surface area contributed by atoms with Crippen LogP contribution in [0.2, 0.25) is 0 Å². The summed E-state index contributed by atoms with van der Waals surface area (Å²) in [5.41, 5.74) is 7.96.